The van der Waals surface area contributed by atoms with E-state index >= 15 is 0 Å². The average Bonchev–Trinajstić information content (AvgIpc) is 2.65. The van der Waals surface area contributed by atoms with Gasteiger partial charge in [-0.3, -0.25) is 4.79 Å². The fourth-order valence-electron chi connectivity index (χ4n) is 2.70. The molecule has 0 aliphatic carbocycles. The first-order valence-corrected chi connectivity index (χ1v) is 8.27. The maximum absolute atomic E-state index is 12.3. The topological polar surface area (TPSA) is 81.8 Å². The summed E-state index contributed by atoms with van der Waals surface area (Å²) in [5.41, 5.74) is 7.63. The summed E-state index contributed by atoms with van der Waals surface area (Å²) in [5.74, 6) is 1.13. The van der Waals surface area contributed by atoms with Gasteiger partial charge in [0, 0.05) is 12.0 Å². The molecular formula is C20H25NO4. The summed E-state index contributed by atoms with van der Waals surface area (Å²) < 4.78 is 10.5. The molecular weight excluding hydrogens is 318 g/mol. The smallest absolute Gasteiger partial charge is 0.149 e. The number of aliphatic hydroxyl groups excluding tert-OH is 1. The lowest BCUT2D eigenvalue weighted by Crippen LogP contribution is -2.32. The number of nitrogens with two attached hydrogens (primary N) is 1. The third kappa shape index (κ3) is 5.31. The molecule has 0 saturated heterocycles. The van der Waals surface area contributed by atoms with Gasteiger partial charge >= 0.3 is 0 Å². The van der Waals surface area contributed by atoms with Crippen LogP contribution in [0.5, 0.6) is 11.5 Å². The second kappa shape index (κ2) is 9.20. The minimum atomic E-state index is -0.821. The van der Waals surface area contributed by atoms with Crippen molar-refractivity contribution >= 4 is 5.78 Å². The normalized spacial score (nSPS) is 13.1. The van der Waals surface area contributed by atoms with Crippen molar-refractivity contribution in [2.24, 2.45) is 5.73 Å². The Kier molecular flexibility index (Phi) is 6.98. The van der Waals surface area contributed by atoms with Gasteiger partial charge in [0.15, 0.2) is 0 Å². The van der Waals surface area contributed by atoms with Crippen molar-refractivity contribution in [1.29, 1.82) is 0 Å². The first-order chi connectivity index (χ1) is 12.0. The first kappa shape index (κ1) is 19.0. The summed E-state index contributed by atoms with van der Waals surface area (Å²) in [6.07, 6.45) is 0.163. The van der Waals surface area contributed by atoms with Crippen LogP contribution in [0.2, 0.25) is 0 Å². The second-order valence-electron chi connectivity index (χ2n) is 5.92. The van der Waals surface area contributed by atoms with Crippen LogP contribution in [0.15, 0.2) is 48.5 Å². The minimum absolute atomic E-state index is 0.0650. The third-order valence-corrected chi connectivity index (χ3v) is 4.17. The zero-order valence-electron chi connectivity index (χ0n) is 14.6. The van der Waals surface area contributed by atoms with Gasteiger partial charge in [-0.2, -0.15) is 0 Å². The number of hydrogen-bond acceptors (Lipinski definition) is 5. The van der Waals surface area contributed by atoms with E-state index < -0.39 is 12.1 Å². The van der Waals surface area contributed by atoms with Crippen molar-refractivity contribution in [3.63, 3.8) is 0 Å². The van der Waals surface area contributed by atoms with E-state index in [-0.39, 0.29) is 18.6 Å². The molecule has 2 unspecified atom stereocenters. The molecule has 0 spiro atoms. The lowest BCUT2D eigenvalue weighted by molar-refractivity contribution is -0.120. The Labute approximate surface area is 148 Å². The summed E-state index contributed by atoms with van der Waals surface area (Å²) >= 11 is 0. The monoisotopic (exact) mass is 343 g/mol. The number of Topliss-reactive ketones (excluding diaryl/α,β-unsaturated/α-hetero) is 1. The molecule has 2 rings (SSSR count). The van der Waals surface area contributed by atoms with Gasteiger partial charge in [-0.05, 0) is 36.6 Å². The maximum Gasteiger partial charge on any atom is 0.149 e. The van der Waals surface area contributed by atoms with Gasteiger partial charge in [0.1, 0.15) is 17.3 Å². The largest absolute Gasteiger partial charge is 0.497 e. The predicted molar refractivity (Wildman–Crippen MR) is 96.9 cm³/mol. The van der Waals surface area contributed by atoms with Crippen LogP contribution in [-0.2, 0) is 11.2 Å². The summed E-state index contributed by atoms with van der Waals surface area (Å²) in [6, 6.07) is 14.3. The quantitative estimate of drug-likeness (QED) is 0.731. The van der Waals surface area contributed by atoms with Crippen LogP contribution in [0.4, 0.5) is 0 Å². The zero-order chi connectivity index (χ0) is 18.2. The fourth-order valence-corrected chi connectivity index (χ4v) is 2.70. The number of carbonyl (C=O) groups is 1. The van der Waals surface area contributed by atoms with Gasteiger partial charge in [-0.25, -0.2) is 0 Å². The van der Waals surface area contributed by atoms with Crippen LogP contribution < -0.4 is 15.2 Å². The van der Waals surface area contributed by atoms with Crippen LogP contribution in [0.1, 0.15) is 30.1 Å². The molecule has 0 bridgehead atoms. The molecule has 0 saturated carbocycles. The Hall–Kier alpha value is -2.37. The van der Waals surface area contributed by atoms with Gasteiger partial charge in [-0.1, -0.05) is 30.3 Å². The summed E-state index contributed by atoms with van der Waals surface area (Å²) in [7, 11) is 3.10. The molecule has 25 heavy (non-hydrogen) atoms. The number of methoxy groups -OCH3 is 2. The number of ketones is 1. The molecule has 0 radical (unpaired) electrons. The summed E-state index contributed by atoms with van der Waals surface area (Å²) in [6.45, 7) is 0. The maximum atomic E-state index is 12.3. The van der Waals surface area contributed by atoms with Crippen molar-refractivity contribution in [2.75, 3.05) is 14.2 Å². The highest BCUT2D eigenvalue weighted by Crippen LogP contribution is 2.31. The molecule has 0 aliphatic rings. The Morgan fingerprint density at radius 3 is 2.48 bits per heavy atom. The predicted octanol–water partition coefficient (Wildman–Crippen LogP) is 2.66. The molecule has 0 aliphatic heterocycles. The number of hydrogen-bond donors (Lipinski definition) is 2. The van der Waals surface area contributed by atoms with Crippen molar-refractivity contribution < 1.29 is 19.4 Å². The second-order valence-corrected chi connectivity index (χ2v) is 5.92. The van der Waals surface area contributed by atoms with Crippen molar-refractivity contribution in [3.05, 3.63) is 59.7 Å². The highest BCUT2D eigenvalue weighted by atomic mass is 16.5. The lowest BCUT2D eigenvalue weighted by atomic mass is 9.97. The molecule has 2 aromatic rings. The molecule has 0 heterocycles. The standard InChI is InChI=1S/C20H25NO4/c1-24-15-8-11-20(25-2)16(13-15)18(22)9-10-19(23)17(21)12-14-6-4-3-5-7-14/h3-8,11,13,17-18,22H,9-10,12,21H2,1-2H3. The Morgan fingerprint density at radius 1 is 1.12 bits per heavy atom. The zero-order valence-corrected chi connectivity index (χ0v) is 14.6. The summed E-state index contributed by atoms with van der Waals surface area (Å²) in [5, 5.41) is 10.4. The minimum Gasteiger partial charge on any atom is -0.497 e. The number of rotatable bonds is 9. The van der Waals surface area contributed by atoms with E-state index in [1.165, 1.54) is 0 Å². The van der Waals surface area contributed by atoms with E-state index in [2.05, 4.69) is 0 Å². The Morgan fingerprint density at radius 2 is 1.84 bits per heavy atom. The van der Waals surface area contributed by atoms with E-state index in [1.54, 1.807) is 32.4 Å². The van der Waals surface area contributed by atoms with Crippen LogP contribution in [0.25, 0.3) is 0 Å². The Bertz CT molecular complexity index is 687. The van der Waals surface area contributed by atoms with Gasteiger partial charge in [0.05, 0.1) is 26.4 Å². The highest BCUT2D eigenvalue weighted by molar-refractivity contribution is 5.84. The fraction of sp³-hybridized carbons (Fsp3) is 0.350. The van der Waals surface area contributed by atoms with Crippen LogP contribution in [-0.4, -0.2) is 31.2 Å². The van der Waals surface area contributed by atoms with E-state index in [4.69, 9.17) is 15.2 Å². The highest BCUT2D eigenvalue weighted by Gasteiger charge is 2.19. The number of benzene rings is 2. The lowest BCUT2D eigenvalue weighted by Gasteiger charge is -2.17. The third-order valence-electron chi connectivity index (χ3n) is 4.17. The number of aliphatic hydroxyl groups is 1. The summed E-state index contributed by atoms with van der Waals surface area (Å²) in [4.78, 5) is 12.3. The van der Waals surface area contributed by atoms with Crippen molar-refractivity contribution in [2.45, 2.75) is 31.4 Å². The molecule has 5 heteroatoms. The molecule has 2 aromatic carbocycles. The molecule has 0 amide bonds. The molecule has 5 nitrogen and oxygen atoms in total. The Balaban J connectivity index is 1.94. The van der Waals surface area contributed by atoms with Gasteiger partial charge in [-0.15, -0.1) is 0 Å². The number of carbonyl (C=O) groups excluding carboxylic acids is 1. The molecule has 134 valence electrons. The van der Waals surface area contributed by atoms with E-state index in [1.807, 2.05) is 30.3 Å². The molecule has 3 N–H and O–H groups in total. The van der Waals surface area contributed by atoms with Gasteiger partial charge in [0.25, 0.3) is 0 Å². The van der Waals surface area contributed by atoms with E-state index in [0.717, 1.165) is 5.56 Å². The molecule has 0 aromatic heterocycles. The van der Waals surface area contributed by atoms with Crippen molar-refractivity contribution in [1.82, 2.24) is 0 Å². The van der Waals surface area contributed by atoms with Crippen LogP contribution in [0, 0.1) is 0 Å². The van der Waals surface area contributed by atoms with Crippen LogP contribution in [0.3, 0.4) is 0 Å². The number of ether oxygens (including phenoxy) is 2. The SMILES string of the molecule is COc1ccc(OC)c(C(O)CCC(=O)C(N)Cc2ccccc2)c1. The van der Waals surface area contributed by atoms with E-state index in [0.29, 0.717) is 23.5 Å². The van der Waals surface area contributed by atoms with Gasteiger partial charge < -0.3 is 20.3 Å². The molecule has 0 fully saturated rings. The molecule has 2 atom stereocenters. The average molecular weight is 343 g/mol. The first-order valence-electron chi connectivity index (χ1n) is 8.27. The van der Waals surface area contributed by atoms with Gasteiger partial charge in [0.2, 0.25) is 0 Å². The van der Waals surface area contributed by atoms with Crippen molar-refractivity contribution in [3.8, 4) is 11.5 Å². The van der Waals surface area contributed by atoms with Crippen LogP contribution >= 0.6 is 0 Å². The van der Waals surface area contributed by atoms with E-state index in [9.17, 15) is 9.90 Å².